The Morgan fingerprint density at radius 3 is 2.43 bits per heavy atom. The van der Waals surface area contributed by atoms with E-state index < -0.39 is 8.32 Å². The molecule has 21 heavy (non-hydrogen) atoms. The van der Waals surface area contributed by atoms with Crippen LogP contribution >= 0.6 is 0 Å². The summed E-state index contributed by atoms with van der Waals surface area (Å²) in [5.74, 6) is -0.328. The Labute approximate surface area is 128 Å². The monoisotopic (exact) mass is 309 g/mol. The van der Waals surface area contributed by atoms with Crippen molar-refractivity contribution in [3.05, 3.63) is 29.3 Å². The van der Waals surface area contributed by atoms with Gasteiger partial charge in [-0.2, -0.15) is 0 Å². The highest BCUT2D eigenvalue weighted by Gasteiger charge is 2.37. The molecule has 0 radical (unpaired) electrons. The Bertz CT molecular complexity index is 507. The molecule has 0 aromatic heterocycles. The third kappa shape index (κ3) is 4.57. The second-order valence-corrected chi connectivity index (χ2v) is 11.5. The minimum atomic E-state index is -1.84. The SMILES string of the molecule is CCOC(=O)c1ccc(N)c(CO[Si](C)(C)C(C)(C)C)c1. The van der Waals surface area contributed by atoms with Crippen LogP contribution in [-0.2, 0) is 15.8 Å². The molecule has 0 aliphatic carbocycles. The Balaban J connectivity index is 2.89. The lowest BCUT2D eigenvalue weighted by atomic mass is 10.1. The number of nitrogen functional groups attached to an aromatic ring is 1. The number of carbonyl (C=O) groups is 1. The molecule has 2 N–H and O–H groups in total. The number of benzene rings is 1. The average molecular weight is 309 g/mol. The number of anilines is 1. The molecule has 0 saturated carbocycles. The van der Waals surface area contributed by atoms with E-state index in [1.54, 1.807) is 25.1 Å². The first-order valence-corrected chi connectivity index (χ1v) is 10.2. The van der Waals surface area contributed by atoms with Gasteiger partial charge in [-0.05, 0) is 43.3 Å². The highest BCUT2D eigenvalue weighted by atomic mass is 28.4. The van der Waals surface area contributed by atoms with Crippen molar-refractivity contribution in [1.82, 2.24) is 0 Å². The van der Waals surface area contributed by atoms with Crippen molar-refractivity contribution in [3.63, 3.8) is 0 Å². The number of rotatable bonds is 5. The maximum absolute atomic E-state index is 11.8. The Kier molecular flexibility index (Phi) is 5.59. The molecule has 4 nitrogen and oxygen atoms in total. The van der Waals surface area contributed by atoms with Crippen LogP contribution in [0.2, 0.25) is 18.1 Å². The number of hydrogen-bond acceptors (Lipinski definition) is 4. The fraction of sp³-hybridized carbons (Fsp3) is 0.562. The molecule has 5 heteroatoms. The van der Waals surface area contributed by atoms with Crippen molar-refractivity contribution >= 4 is 20.0 Å². The molecule has 0 heterocycles. The molecule has 0 aliphatic heterocycles. The van der Waals surface area contributed by atoms with Crippen molar-refractivity contribution in [1.29, 1.82) is 0 Å². The second-order valence-electron chi connectivity index (χ2n) is 6.68. The van der Waals surface area contributed by atoms with E-state index in [0.29, 0.717) is 24.5 Å². The zero-order valence-electron chi connectivity index (χ0n) is 13.9. The van der Waals surface area contributed by atoms with Crippen LogP contribution in [0.4, 0.5) is 5.69 Å². The summed E-state index contributed by atoms with van der Waals surface area (Å²) in [4.78, 5) is 11.8. The van der Waals surface area contributed by atoms with Crippen molar-refractivity contribution in [2.45, 2.75) is 52.4 Å². The van der Waals surface area contributed by atoms with E-state index in [-0.39, 0.29) is 11.0 Å². The van der Waals surface area contributed by atoms with Crippen LogP contribution in [0.1, 0.15) is 43.6 Å². The van der Waals surface area contributed by atoms with Crippen LogP contribution in [-0.4, -0.2) is 20.9 Å². The lowest BCUT2D eigenvalue weighted by Gasteiger charge is -2.36. The summed E-state index contributed by atoms with van der Waals surface area (Å²) in [5, 5.41) is 0.139. The summed E-state index contributed by atoms with van der Waals surface area (Å²) < 4.78 is 11.2. The van der Waals surface area contributed by atoms with E-state index in [2.05, 4.69) is 33.9 Å². The van der Waals surface area contributed by atoms with Crippen molar-refractivity contribution in [3.8, 4) is 0 Å². The third-order valence-corrected chi connectivity index (χ3v) is 8.53. The highest BCUT2D eigenvalue weighted by Crippen LogP contribution is 2.37. The molecule has 0 saturated heterocycles. The Morgan fingerprint density at radius 2 is 1.90 bits per heavy atom. The fourth-order valence-electron chi connectivity index (χ4n) is 1.55. The summed E-state index contributed by atoms with van der Waals surface area (Å²) >= 11 is 0. The van der Waals surface area contributed by atoms with E-state index in [4.69, 9.17) is 14.9 Å². The van der Waals surface area contributed by atoms with Gasteiger partial charge in [0.1, 0.15) is 0 Å². The number of carbonyl (C=O) groups excluding carboxylic acids is 1. The molecule has 0 fully saturated rings. The number of hydrogen-bond donors (Lipinski definition) is 1. The first-order chi connectivity index (χ1) is 9.58. The zero-order valence-corrected chi connectivity index (χ0v) is 14.9. The largest absolute Gasteiger partial charge is 0.462 e. The van der Waals surface area contributed by atoms with Crippen LogP contribution in [0.5, 0.6) is 0 Å². The van der Waals surface area contributed by atoms with Gasteiger partial charge in [0, 0.05) is 11.3 Å². The molecule has 1 rings (SSSR count). The smallest absolute Gasteiger partial charge is 0.338 e. The quantitative estimate of drug-likeness (QED) is 0.508. The molecule has 1 aromatic carbocycles. The molecule has 0 spiro atoms. The van der Waals surface area contributed by atoms with Crippen molar-refractivity contribution in [2.75, 3.05) is 12.3 Å². The first kappa shape index (κ1) is 17.7. The molecule has 118 valence electrons. The summed E-state index contributed by atoms with van der Waals surface area (Å²) in [6.45, 7) is 13.5. The molecule has 0 bridgehead atoms. The molecular weight excluding hydrogens is 282 g/mol. The fourth-order valence-corrected chi connectivity index (χ4v) is 2.50. The van der Waals surface area contributed by atoms with E-state index >= 15 is 0 Å². The first-order valence-electron chi connectivity index (χ1n) is 7.28. The van der Waals surface area contributed by atoms with Crippen LogP contribution in [0.3, 0.4) is 0 Å². The van der Waals surface area contributed by atoms with Gasteiger partial charge in [0.15, 0.2) is 8.32 Å². The molecular formula is C16H27NO3Si. The molecule has 0 unspecified atom stereocenters. The van der Waals surface area contributed by atoms with Gasteiger partial charge in [-0.15, -0.1) is 0 Å². The van der Waals surface area contributed by atoms with Gasteiger partial charge in [-0.25, -0.2) is 4.79 Å². The molecule has 0 atom stereocenters. The maximum atomic E-state index is 11.8. The molecule has 0 aliphatic rings. The lowest BCUT2D eigenvalue weighted by Crippen LogP contribution is -2.40. The normalized spacial score (nSPS) is 12.3. The van der Waals surface area contributed by atoms with Gasteiger partial charge >= 0.3 is 5.97 Å². The van der Waals surface area contributed by atoms with E-state index in [9.17, 15) is 4.79 Å². The minimum absolute atomic E-state index is 0.139. The van der Waals surface area contributed by atoms with E-state index in [0.717, 1.165) is 5.56 Å². The second kappa shape index (κ2) is 6.62. The van der Waals surface area contributed by atoms with Gasteiger partial charge in [0.05, 0.1) is 18.8 Å². The van der Waals surface area contributed by atoms with Crippen LogP contribution in [0.15, 0.2) is 18.2 Å². The maximum Gasteiger partial charge on any atom is 0.338 e. The standard InChI is InChI=1S/C16H27NO3Si/c1-7-19-15(18)12-8-9-14(17)13(10-12)11-20-21(5,6)16(2,3)4/h8-10H,7,11,17H2,1-6H3. The van der Waals surface area contributed by atoms with Crippen molar-refractivity contribution in [2.24, 2.45) is 0 Å². The van der Waals surface area contributed by atoms with Crippen molar-refractivity contribution < 1.29 is 14.0 Å². The summed E-state index contributed by atoms with van der Waals surface area (Å²) in [7, 11) is -1.84. The average Bonchev–Trinajstić information content (AvgIpc) is 2.36. The lowest BCUT2D eigenvalue weighted by molar-refractivity contribution is 0.0526. The molecule has 1 aromatic rings. The number of esters is 1. The van der Waals surface area contributed by atoms with Gasteiger partial charge in [-0.3, -0.25) is 0 Å². The van der Waals surface area contributed by atoms with Gasteiger partial charge in [0.2, 0.25) is 0 Å². The van der Waals surface area contributed by atoms with Gasteiger partial charge in [0.25, 0.3) is 0 Å². The number of nitrogens with two attached hydrogens (primary N) is 1. The van der Waals surface area contributed by atoms with Gasteiger partial charge in [-0.1, -0.05) is 20.8 Å². The van der Waals surface area contributed by atoms with E-state index in [1.165, 1.54) is 0 Å². The molecule has 0 amide bonds. The zero-order chi connectivity index (χ0) is 16.3. The van der Waals surface area contributed by atoms with Crippen LogP contribution in [0, 0.1) is 0 Å². The van der Waals surface area contributed by atoms with Gasteiger partial charge < -0.3 is 14.9 Å². The minimum Gasteiger partial charge on any atom is -0.462 e. The predicted molar refractivity (Wildman–Crippen MR) is 88.8 cm³/mol. The Hall–Kier alpha value is -1.33. The summed E-state index contributed by atoms with van der Waals surface area (Å²) in [6.07, 6.45) is 0. The van der Waals surface area contributed by atoms with E-state index in [1.807, 2.05) is 0 Å². The third-order valence-electron chi connectivity index (χ3n) is 4.05. The highest BCUT2D eigenvalue weighted by molar-refractivity contribution is 6.74. The summed E-state index contributed by atoms with van der Waals surface area (Å²) in [5.41, 5.74) is 7.98. The predicted octanol–water partition coefficient (Wildman–Crippen LogP) is 3.97. The number of ether oxygens (including phenoxy) is 1. The topological polar surface area (TPSA) is 61.5 Å². The Morgan fingerprint density at radius 1 is 1.29 bits per heavy atom. The van der Waals surface area contributed by atoms with Crippen LogP contribution in [0.25, 0.3) is 0 Å². The summed E-state index contributed by atoms with van der Waals surface area (Å²) in [6, 6.07) is 5.18. The van der Waals surface area contributed by atoms with Crippen LogP contribution < -0.4 is 5.73 Å².